The number of benzene rings is 2. The Morgan fingerprint density at radius 3 is 2.43 bits per heavy atom. The molecule has 0 radical (unpaired) electrons. The summed E-state index contributed by atoms with van der Waals surface area (Å²) in [6, 6.07) is 15.5. The Labute approximate surface area is 177 Å². The summed E-state index contributed by atoms with van der Waals surface area (Å²) in [6.45, 7) is 1.49. The molecule has 0 aromatic heterocycles. The van der Waals surface area contributed by atoms with Gasteiger partial charge in [0.15, 0.2) is 0 Å². The SMILES string of the molecule is CN(C)[C@H](CNC(=O)C1CCN(C(=O)Nc2ccccc2)CC1)c1cccc(F)c1. The van der Waals surface area contributed by atoms with Crippen molar-refractivity contribution in [3.63, 3.8) is 0 Å². The predicted octanol–water partition coefficient (Wildman–Crippen LogP) is 3.49. The summed E-state index contributed by atoms with van der Waals surface area (Å²) in [5.41, 5.74) is 1.59. The first-order chi connectivity index (χ1) is 14.4. The second-order valence-corrected chi connectivity index (χ2v) is 7.84. The molecule has 3 rings (SSSR count). The molecule has 0 saturated carbocycles. The van der Waals surface area contributed by atoms with Gasteiger partial charge in [-0.1, -0.05) is 30.3 Å². The summed E-state index contributed by atoms with van der Waals surface area (Å²) < 4.78 is 13.6. The fourth-order valence-corrected chi connectivity index (χ4v) is 3.72. The number of piperidine rings is 1. The van der Waals surface area contributed by atoms with Gasteiger partial charge in [-0.3, -0.25) is 4.79 Å². The topological polar surface area (TPSA) is 64.7 Å². The second kappa shape index (κ2) is 10.2. The third-order valence-electron chi connectivity index (χ3n) is 5.50. The van der Waals surface area contributed by atoms with E-state index in [1.54, 1.807) is 11.0 Å². The molecular formula is C23H29FN4O2. The van der Waals surface area contributed by atoms with Crippen molar-refractivity contribution in [2.24, 2.45) is 5.92 Å². The molecule has 3 amide bonds. The molecule has 7 heteroatoms. The number of carbonyl (C=O) groups is 2. The van der Waals surface area contributed by atoms with Crippen LogP contribution in [0.15, 0.2) is 54.6 Å². The molecule has 2 aromatic rings. The van der Waals surface area contributed by atoms with Gasteiger partial charge in [0, 0.05) is 31.2 Å². The number of likely N-dealkylation sites (tertiary alicyclic amines) is 1. The van der Waals surface area contributed by atoms with E-state index in [1.807, 2.05) is 55.4 Å². The Kier molecular flexibility index (Phi) is 7.41. The third kappa shape index (κ3) is 5.79. The largest absolute Gasteiger partial charge is 0.354 e. The van der Waals surface area contributed by atoms with E-state index in [2.05, 4.69) is 10.6 Å². The smallest absolute Gasteiger partial charge is 0.321 e. The fraction of sp³-hybridized carbons (Fsp3) is 0.391. The highest BCUT2D eigenvalue weighted by atomic mass is 19.1. The zero-order valence-electron chi connectivity index (χ0n) is 17.5. The van der Waals surface area contributed by atoms with Crippen LogP contribution in [0.5, 0.6) is 0 Å². The van der Waals surface area contributed by atoms with Gasteiger partial charge < -0.3 is 20.4 Å². The number of likely N-dealkylation sites (N-methyl/N-ethyl adjacent to an activating group) is 1. The third-order valence-corrected chi connectivity index (χ3v) is 5.50. The zero-order chi connectivity index (χ0) is 21.5. The molecule has 0 aliphatic carbocycles. The molecular weight excluding hydrogens is 383 g/mol. The van der Waals surface area contributed by atoms with E-state index in [1.165, 1.54) is 12.1 Å². The van der Waals surface area contributed by atoms with Gasteiger partial charge in [-0.15, -0.1) is 0 Å². The second-order valence-electron chi connectivity index (χ2n) is 7.84. The van der Waals surface area contributed by atoms with Crippen LogP contribution in [0, 0.1) is 11.7 Å². The first-order valence-electron chi connectivity index (χ1n) is 10.2. The number of nitrogens with one attached hydrogen (secondary N) is 2. The Bertz CT molecular complexity index is 851. The van der Waals surface area contributed by atoms with Gasteiger partial charge in [-0.25, -0.2) is 9.18 Å². The molecule has 6 nitrogen and oxygen atoms in total. The van der Waals surface area contributed by atoms with Crippen LogP contribution in [-0.2, 0) is 4.79 Å². The van der Waals surface area contributed by atoms with Crippen molar-refractivity contribution in [2.75, 3.05) is 39.0 Å². The minimum atomic E-state index is -0.285. The maximum absolute atomic E-state index is 13.6. The predicted molar refractivity (Wildman–Crippen MR) is 116 cm³/mol. The van der Waals surface area contributed by atoms with Crippen molar-refractivity contribution in [3.8, 4) is 0 Å². The number of rotatable bonds is 6. The number of carbonyl (C=O) groups excluding carboxylic acids is 2. The van der Waals surface area contributed by atoms with Gasteiger partial charge in [0.05, 0.1) is 6.04 Å². The van der Waals surface area contributed by atoms with E-state index in [9.17, 15) is 14.0 Å². The fourth-order valence-electron chi connectivity index (χ4n) is 3.72. The number of amides is 3. The van der Waals surface area contributed by atoms with Gasteiger partial charge in [0.2, 0.25) is 5.91 Å². The molecule has 1 fully saturated rings. The van der Waals surface area contributed by atoms with Gasteiger partial charge in [0.25, 0.3) is 0 Å². The lowest BCUT2D eigenvalue weighted by atomic mass is 9.95. The lowest BCUT2D eigenvalue weighted by molar-refractivity contribution is -0.126. The molecule has 1 heterocycles. The normalized spacial score (nSPS) is 15.7. The van der Waals surface area contributed by atoms with Crippen LogP contribution >= 0.6 is 0 Å². The summed E-state index contributed by atoms with van der Waals surface area (Å²) in [6.07, 6.45) is 1.25. The molecule has 30 heavy (non-hydrogen) atoms. The number of nitrogens with zero attached hydrogens (tertiary/aromatic N) is 2. The van der Waals surface area contributed by atoms with Crippen molar-refractivity contribution in [1.82, 2.24) is 15.1 Å². The standard InChI is InChI=1S/C23H29FN4O2/c1-27(2)21(18-7-6-8-19(24)15-18)16-25-22(29)17-11-13-28(14-12-17)23(30)26-20-9-4-3-5-10-20/h3-10,15,17,21H,11-14,16H2,1-2H3,(H,25,29)(H,26,30)/t21-/m1/s1. The van der Waals surface area contributed by atoms with Gasteiger partial charge in [-0.05, 0) is 56.8 Å². The lowest BCUT2D eigenvalue weighted by Crippen LogP contribution is -2.45. The number of anilines is 1. The van der Waals surface area contributed by atoms with Crippen molar-refractivity contribution in [3.05, 3.63) is 66.0 Å². The van der Waals surface area contributed by atoms with Gasteiger partial charge >= 0.3 is 6.03 Å². The van der Waals surface area contributed by atoms with Crippen LogP contribution in [0.1, 0.15) is 24.4 Å². The highest BCUT2D eigenvalue weighted by Gasteiger charge is 2.28. The van der Waals surface area contributed by atoms with Crippen LogP contribution in [0.2, 0.25) is 0 Å². The molecule has 1 aliphatic heterocycles. The maximum Gasteiger partial charge on any atom is 0.321 e. The zero-order valence-corrected chi connectivity index (χ0v) is 17.5. The number of para-hydroxylation sites is 1. The quantitative estimate of drug-likeness (QED) is 0.763. The van der Waals surface area contributed by atoms with Crippen molar-refractivity contribution in [1.29, 1.82) is 0 Å². The van der Waals surface area contributed by atoms with Gasteiger partial charge in [0.1, 0.15) is 5.82 Å². The number of halogens is 1. The highest BCUT2D eigenvalue weighted by molar-refractivity contribution is 5.89. The highest BCUT2D eigenvalue weighted by Crippen LogP contribution is 2.21. The van der Waals surface area contributed by atoms with Gasteiger partial charge in [-0.2, -0.15) is 0 Å². The molecule has 2 N–H and O–H groups in total. The molecule has 1 atom stereocenters. The van der Waals surface area contributed by atoms with E-state index < -0.39 is 0 Å². The Hall–Kier alpha value is -2.93. The van der Waals surface area contributed by atoms with Crippen molar-refractivity contribution >= 4 is 17.6 Å². The van der Waals surface area contributed by atoms with Crippen LogP contribution in [0.25, 0.3) is 0 Å². The number of hydrogen-bond acceptors (Lipinski definition) is 3. The Morgan fingerprint density at radius 2 is 1.80 bits per heavy atom. The monoisotopic (exact) mass is 412 g/mol. The maximum atomic E-state index is 13.6. The summed E-state index contributed by atoms with van der Waals surface area (Å²) in [7, 11) is 3.82. The molecule has 0 bridgehead atoms. The summed E-state index contributed by atoms with van der Waals surface area (Å²) in [5.74, 6) is -0.422. The first kappa shape index (κ1) is 21.8. The van der Waals surface area contributed by atoms with Crippen LogP contribution in [0.4, 0.5) is 14.9 Å². The van der Waals surface area contributed by atoms with E-state index in [4.69, 9.17) is 0 Å². The molecule has 1 aliphatic rings. The van der Waals surface area contributed by atoms with Crippen LogP contribution < -0.4 is 10.6 Å². The molecule has 0 spiro atoms. The van der Waals surface area contributed by atoms with Crippen molar-refractivity contribution < 1.29 is 14.0 Å². The molecule has 160 valence electrons. The summed E-state index contributed by atoms with van der Waals surface area (Å²) in [5, 5.41) is 5.89. The molecule has 2 aromatic carbocycles. The van der Waals surface area contributed by atoms with E-state index >= 15 is 0 Å². The molecule has 1 saturated heterocycles. The van der Waals surface area contributed by atoms with E-state index in [-0.39, 0.29) is 29.7 Å². The first-order valence-corrected chi connectivity index (χ1v) is 10.2. The van der Waals surface area contributed by atoms with Crippen molar-refractivity contribution in [2.45, 2.75) is 18.9 Å². The summed E-state index contributed by atoms with van der Waals surface area (Å²) >= 11 is 0. The average Bonchev–Trinajstić information content (AvgIpc) is 2.74. The van der Waals surface area contributed by atoms with Crippen LogP contribution in [-0.4, -0.2) is 55.5 Å². The minimum Gasteiger partial charge on any atom is -0.354 e. The Balaban J connectivity index is 1.48. The number of urea groups is 1. The molecule has 0 unspecified atom stereocenters. The average molecular weight is 413 g/mol. The minimum absolute atomic E-state index is 0.0126. The Morgan fingerprint density at radius 1 is 1.10 bits per heavy atom. The number of hydrogen-bond donors (Lipinski definition) is 2. The summed E-state index contributed by atoms with van der Waals surface area (Å²) in [4.78, 5) is 28.8. The lowest BCUT2D eigenvalue weighted by Gasteiger charge is -2.32. The van der Waals surface area contributed by atoms with E-state index in [0.29, 0.717) is 32.5 Å². The van der Waals surface area contributed by atoms with Crippen LogP contribution in [0.3, 0.4) is 0 Å². The van der Waals surface area contributed by atoms with E-state index in [0.717, 1.165) is 11.3 Å².